The first kappa shape index (κ1) is 18.4. The number of carbonyl (C=O) groups is 1. The van der Waals surface area contributed by atoms with Crippen molar-refractivity contribution in [1.29, 1.82) is 0 Å². The summed E-state index contributed by atoms with van der Waals surface area (Å²) in [6.07, 6.45) is 2.05. The molecule has 1 atom stereocenters. The number of carbonyl (C=O) groups excluding carboxylic acids is 1. The van der Waals surface area contributed by atoms with Gasteiger partial charge in [-0.25, -0.2) is 9.18 Å². The Kier molecular flexibility index (Phi) is 5.19. The molecule has 1 aromatic heterocycles. The minimum atomic E-state index is -0.271. The number of rotatable bonds is 4. The molecule has 1 amide bonds. The highest BCUT2D eigenvalue weighted by atomic mass is 32.1. The van der Waals surface area contributed by atoms with Gasteiger partial charge in [-0.15, -0.1) is 11.3 Å². The number of nitrogens with zero attached hydrogens (tertiary/aromatic N) is 2. The topological polar surface area (TPSA) is 32.8 Å². The molecule has 3 fully saturated rings. The summed E-state index contributed by atoms with van der Waals surface area (Å²) in [5.41, 5.74) is 0.918. The van der Waals surface area contributed by atoms with Crippen molar-refractivity contribution in [2.24, 2.45) is 5.92 Å². The lowest BCUT2D eigenvalue weighted by molar-refractivity contribution is 0.00136. The molecule has 3 saturated heterocycles. The third kappa shape index (κ3) is 3.87. The summed E-state index contributed by atoms with van der Waals surface area (Å²) in [5, 5.41) is 1.84. The summed E-state index contributed by atoms with van der Waals surface area (Å²) < 4.78 is 18.8. The van der Waals surface area contributed by atoms with Crippen LogP contribution in [0.25, 0.3) is 10.4 Å². The minimum Gasteiger partial charge on any atom is -0.409 e. The highest BCUT2D eigenvalue weighted by Gasteiger charge is 2.41. The molecule has 4 heterocycles. The Hall–Kier alpha value is -1.92. The molecule has 1 unspecified atom stereocenters. The van der Waals surface area contributed by atoms with E-state index in [-0.39, 0.29) is 24.0 Å². The van der Waals surface area contributed by atoms with E-state index in [4.69, 9.17) is 4.74 Å². The van der Waals surface area contributed by atoms with Gasteiger partial charge in [-0.1, -0.05) is 12.1 Å². The van der Waals surface area contributed by atoms with E-state index >= 15 is 0 Å². The number of fused-ring (bicyclic) bond motifs is 3. The smallest absolute Gasteiger partial charge is 0.409 e. The van der Waals surface area contributed by atoms with Gasteiger partial charge in [-0.2, -0.15) is 0 Å². The van der Waals surface area contributed by atoms with Crippen LogP contribution in [-0.4, -0.2) is 47.6 Å². The van der Waals surface area contributed by atoms with E-state index in [1.165, 1.54) is 23.5 Å². The Morgan fingerprint density at radius 1 is 1.26 bits per heavy atom. The third-order valence-corrected chi connectivity index (χ3v) is 6.61. The molecule has 0 aliphatic carbocycles. The van der Waals surface area contributed by atoms with Gasteiger partial charge in [0.25, 0.3) is 0 Å². The number of benzene rings is 1. The van der Waals surface area contributed by atoms with Crippen molar-refractivity contribution >= 4 is 17.4 Å². The van der Waals surface area contributed by atoms with E-state index < -0.39 is 0 Å². The second-order valence-electron chi connectivity index (χ2n) is 7.73. The van der Waals surface area contributed by atoms with Crippen molar-refractivity contribution in [3.8, 4) is 16.2 Å². The number of hydrogen-bond donors (Lipinski definition) is 0. The number of hydrogen-bond acceptors (Lipinski definition) is 4. The fourth-order valence-electron chi connectivity index (χ4n) is 4.27. The molecule has 0 saturated carbocycles. The molecule has 5 rings (SSSR count). The normalized spacial score (nSPS) is 24.2. The van der Waals surface area contributed by atoms with Crippen LogP contribution < -0.4 is 4.74 Å². The Balaban J connectivity index is 1.48. The molecule has 0 spiro atoms. The van der Waals surface area contributed by atoms with Crippen LogP contribution in [0.5, 0.6) is 5.75 Å². The second-order valence-corrected chi connectivity index (χ2v) is 8.64. The molecular formula is C21H25FN2O2S. The van der Waals surface area contributed by atoms with Gasteiger partial charge < -0.3 is 14.5 Å². The van der Waals surface area contributed by atoms with E-state index in [1.807, 2.05) is 16.3 Å². The molecule has 3 aliphatic rings. The monoisotopic (exact) mass is 388 g/mol. The summed E-state index contributed by atoms with van der Waals surface area (Å²) in [6, 6.07) is 8.53. The summed E-state index contributed by atoms with van der Waals surface area (Å²) in [5.74, 6) is 0.866. The van der Waals surface area contributed by atoms with Crippen LogP contribution in [0.15, 0.2) is 35.7 Å². The molecule has 2 aromatic rings. The van der Waals surface area contributed by atoms with Gasteiger partial charge in [-0.3, -0.25) is 0 Å². The largest absolute Gasteiger partial charge is 0.415 e. The summed E-state index contributed by atoms with van der Waals surface area (Å²) in [6.45, 7) is 7.34. The third-order valence-electron chi connectivity index (χ3n) is 5.66. The highest BCUT2D eigenvalue weighted by molar-refractivity contribution is 7.13. The Labute approximate surface area is 163 Å². The van der Waals surface area contributed by atoms with Crippen molar-refractivity contribution in [1.82, 2.24) is 9.80 Å². The van der Waals surface area contributed by atoms with Gasteiger partial charge in [-0.05, 0) is 69.5 Å². The maximum absolute atomic E-state index is 13.1. The number of ether oxygens (including phenoxy) is 1. The first-order valence-electron chi connectivity index (χ1n) is 9.58. The number of amides is 1. The van der Waals surface area contributed by atoms with Crippen molar-refractivity contribution in [2.45, 2.75) is 38.8 Å². The molecule has 4 nitrogen and oxygen atoms in total. The van der Waals surface area contributed by atoms with Gasteiger partial charge in [0.15, 0.2) is 0 Å². The molecule has 1 aromatic carbocycles. The number of thiophene rings is 1. The average molecular weight is 389 g/mol. The molecule has 6 heteroatoms. The van der Waals surface area contributed by atoms with Crippen LogP contribution in [0, 0.1) is 11.7 Å². The molecule has 3 aliphatic heterocycles. The zero-order valence-electron chi connectivity index (χ0n) is 15.7. The first-order chi connectivity index (χ1) is 13.0. The SMILES string of the molecule is CC(C)N(C(=O)Oc1csc(-c2ccc(F)cc2)c1)C1CN2CCC1CC2. The van der Waals surface area contributed by atoms with Crippen molar-refractivity contribution in [2.75, 3.05) is 19.6 Å². The molecular weight excluding hydrogens is 363 g/mol. The van der Waals surface area contributed by atoms with Crippen molar-refractivity contribution in [3.63, 3.8) is 0 Å². The van der Waals surface area contributed by atoms with Crippen LogP contribution in [-0.2, 0) is 0 Å². The Morgan fingerprint density at radius 2 is 1.96 bits per heavy atom. The lowest BCUT2D eigenvalue weighted by Crippen LogP contribution is -2.60. The fourth-order valence-corrected chi connectivity index (χ4v) is 5.09. The molecule has 0 N–H and O–H groups in total. The average Bonchev–Trinajstić information content (AvgIpc) is 3.11. The molecule has 2 bridgehead atoms. The van der Waals surface area contributed by atoms with E-state index in [0.717, 1.165) is 42.9 Å². The molecule has 27 heavy (non-hydrogen) atoms. The second kappa shape index (κ2) is 7.60. The Morgan fingerprint density at radius 3 is 2.56 bits per heavy atom. The summed E-state index contributed by atoms with van der Waals surface area (Å²) >= 11 is 1.49. The predicted octanol–water partition coefficient (Wildman–Crippen LogP) is 4.86. The highest BCUT2D eigenvalue weighted by Crippen LogP contribution is 2.34. The van der Waals surface area contributed by atoms with Gasteiger partial charge in [0.05, 0.1) is 6.04 Å². The molecule has 144 valence electrons. The number of halogens is 1. The van der Waals surface area contributed by atoms with Crippen LogP contribution in [0.4, 0.5) is 9.18 Å². The lowest BCUT2D eigenvalue weighted by atomic mass is 9.83. The zero-order valence-corrected chi connectivity index (χ0v) is 16.5. The van der Waals surface area contributed by atoms with Gasteiger partial charge in [0, 0.05) is 22.8 Å². The summed E-state index contributed by atoms with van der Waals surface area (Å²) in [7, 11) is 0. The standard InChI is InChI=1S/C21H25FN2O2S/c1-14(2)24(19-12-23-9-7-15(19)8-10-23)21(25)26-18-11-20(27-13-18)16-3-5-17(22)6-4-16/h3-6,11,13-15,19H,7-10,12H2,1-2H3. The maximum Gasteiger partial charge on any atom is 0.415 e. The van der Waals surface area contributed by atoms with Crippen molar-refractivity contribution < 1.29 is 13.9 Å². The van der Waals surface area contributed by atoms with E-state index in [2.05, 4.69) is 18.7 Å². The van der Waals surface area contributed by atoms with Crippen LogP contribution >= 0.6 is 11.3 Å². The van der Waals surface area contributed by atoms with E-state index in [1.54, 1.807) is 12.1 Å². The van der Waals surface area contributed by atoms with Gasteiger partial charge in [0.1, 0.15) is 11.6 Å². The van der Waals surface area contributed by atoms with Crippen LogP contribution in [0.3, 0.4) is 0 Å². The van der Waals surface area contributed by atoms with Gasteiger partial charge in [0.2, 0.25) is 0 Å². The van der Waals surface area contributed by atoms with Crippen molar-refractivity contribution in [3.05, 3.63) is 41.5 Å². The quantitative estimate of drug-likeness (QED) is 0.750. The zero-order chi connectivity index (χ0) is 19.0. The fraction of sp³-hybridized carbons (Fsp3) is 0.476. The number of piperidine rings is 3. The van der Waals surface area contributed by atoms with E-state index in [9.17, 15) is 9.18 Å². The van der Waals surface area contributed by atoms with Crippen LogP contribution in [0.2, 0.25) is 0 Å². The minimum absolute atomic E-state index is 0.0956. The van der Waals surface area contributed by atoms with Crippen LogP contribution in [0.1, 0.15) is 26.7 Å². The predicted molar refractivity (Wildman–Crippen MR) is 106 cm³/mol. The molecule has 0 radical (unpaired) electrons. The van der Waals surface area contributed by atoms with E-state index in [0.29, 0.717) is 11.7 Å². The first-order valence-corrected chi connectivity index (χ1v) is 10.5. The Bertz CT molecular complexity index is 797. The lowest BCUT2D eigenvalue weighted by Gasteiger charge is -2.49. The van der Waals surface area contributed by atoms with Gasteiger partial charge >= 0.3 is 6.09 Å². The maximum atomic E-state index is 13.1. The summed E-state index contributed by atoms with van der Waals surface area (Å²) in [4.78, 5) is 18.3.